The van der Waals surface area contributed by atoms with Crippen molar-refractivity contribution in [2.75, 3.05) is 0 Å². The van der Waals surface area contributed by atoms with Crippen LogP contribution in [0.4, 0.5) is 0 Å². The molecular formula is C15H24O2. The van der Waals surface area contributed by atoms with Crippen molar-refractivity contribution >= 4 is 0 Å². The summed E-state index contributed by atoms with van der Waals surface area (Å²) in [6.07, 6.45) is 2.22. The first-order valence-corrected chi connectivity index (χ1v) is 6.25. The van der Waals surface area contributed by atoms with Gasteiger partial charge in [0.25, 0.3) is 0 Å². The van der Waals surface area contributed by atoms with Crippen molar-refractivity contribution in [1.82, 2.24) is 0 Å². The number of aliphatic hydroxyl groups is 1. The van der Waals surface area contributed by atoms with E-state index in [9.17, 15) is 5.11 Å². The van der Waals surface area contributed by atoms with Crippen molar-refractivity contribution in [3.63, 3.8) is 0 Å². The van der Waals surface area contributed by atoms with Gasteiger partial charge in [-0.25, -0.2) is 0 Å². The van der Waals surface area contributed by atoms with Crippen LogP contribution in [0.3, 0.4) is 0 Å². The molecule has 1 aromatic carbocycles. The lowest BCUT2D eigenvalue weighted by Crippen LogP contribution is -2.40. The predicted octanol–water partition coefficient (Wildman–Crippen LogP) is 3.50. The van der Waals surface area contributed by atoms with Crippen LogP contribution in [0.5, 0.6) is 5.75 Å². The third-order valence-electron chi connectivity index (χ3n) is 3.47. The first-order valence-electron chi connectivity index (χ1n) is 6.25. The Morgan fingerprint density at radius 1 is 1.12 bits per heavy atom. The molecule has 0 radical (unpaired) electrons. The fourth-order valence-electron chi connectivity index (χ4n) is 2.06. The van der Waals surface area contributed by atoms with Crippen molar-refractivity contribution in [1.29, 1.82) is 0 Å². The molecule has 1 saturated carbocycles. The molecule has 2 N–H and O–H groups in total. The molecule has 0 spiro atoms. The standard InChI is InChI=1S/C8H16O.C7H8O/c1-8(2,3)6-4-5-7(6)9;1-6-4-2-3-5-7(6)8/h6-7,9H,4-5H2,1-3H3;2-5,8H,1H3. The molecule has 0 amide bonds. The van der Waals surface area contributed by atoms with Crippen LogP contribution in [0.2, 0.25) is 0 Å². The van der Waals surface area contributed by atoms with E-state index in [2.05, 4.69) is 20.8 Å². The molecule has 1 aromatic rings. The van der Waals surface area contributed by atoms with Gasteiger partial charge in [0.05, 0.1) is 6.10 Å². The monoisotopic (exact) mass is 236 g/mol. The van der Waals surface area contributed by atoms with Gasteiger partial charge >= 0.3 is 0 Å². The van der Waals surface area contributed by atoms with Gasteiger partial charge in [0.1, 0.15) is 5.75 Å². The topological polar surface area (TPSA) is 40.5 Å². The van der Waals surface area contributed by atoms with E-state index in [0.717, 1.165) is 12.0 Å². The highest BCUT2D eigenvalue weighted by Gasteiger charge is 2.37. The normalized spacial score (nSPS) is 23.4. The molecule has 17 heavy (non-hydrogen) atoms. The number of benzene rings is 1. The van der Waals surface area contributed by atoms with Gasteiger partial charge in [-0.05, 0) is 42.7 Å². The number of hydrogen-bond acceptors (Lipinski definition) is 2. The van der Waals surface area contributed by atoms with Crippen LogP contribution in [0, 0.1) is 18.3 Å². The van der Waals surface area contributed by atoms with Gasteiger partial charge in [-0.1, -0.05) is 39.0 Å². The second kappa shape index (κ2) is 5.54. The number of hydrogen-bond donors (Lipinski definition) is 2. The molecule has 1 aliphatic carbocycles. The number of phenolic OH excluding ortho intramolecular Hbond substituents is 1. The fourth-order valence-corrected chi connectivity index (χ4v) is 2.06. The van der Waals surface area contributed by atoms with Gasteiger partial charge in [0.2, 0.25) is 0 Å². The van der Waals surface area contributed by atoms with E-state index in [1.54, 1.807) is 6.07 Å². The molecule has 0 saturated heterocycles. The molecule has 0 aromatic heterocycles. The Morgan fingerprint density at radius 2 is 1.71 bits per heavy atom. The van der Waals surface area contributed by atoms with E-state index in [1.165, 1.54) is 6.42 Å². The van der Waals surface area contributed by atoms with Crippen molar-refractivity contribution in [2.45, 2.75) is 46.6 Å². The van der Waals surface area contributed by atoms with Crippen molar-refractivity contribution in [3.8, 4) is 5.75 Å². The number of para-hydroxylation sites is 1. The molecule has 1 fully saturated rings. The highest BCUT2D eigenvalue weighted by atomic mass is 16.3. The molecule has 0 bridgehead atoms. The third-order valence-corrected chi connectivity index (χ3v) is 3.47. The van der Waals surface area contributed by atoms with Crippen molar-refractivity contribution < 1.29 is 10.2 Å². The number of phenols is 1. The van der Waals surface area contributed by atoms with Gasteiger partial charge in [-0.2, -0.15) is 0 Å². The van der Waals surface area contributed by atoms with Gasteiger partial charge in [0.15, 0.2) is 0 Å². The zero-order valence-electron chi connectivity index (χ0n) is 11.3. The van der Waals surface area contributed by atoms with Crippen LogP contribution in [-0.4, -0.2) is 16.3 Å². The number of aliphatic hydroxyl groups excluding tert-OH is 1. The summed E-state index contributed by atoms with van der Waals surface area (Å²) in [5, 5.41) is 18.2. The predicted molar refractivity (Wildman–Crippen MR) is 71.0 cm³/mol. The molecular weight excluding hydrogens is 212 g/mol. The summed E-state index contributed by atoms with van der Waals surface area (Å²) in [4.78, 5) is 0. The maximum atomic E-state index is 9.24. The first-order chi connectivity index (χ1) is 7.82. The summed E-state index contributed by atoms with van der Waals surface area (Å²) >= 11 is 0. The molecule has 0 aliphatic heterocycles. The molecule has 2 rings (SSSR count). The largest absolute Gasteiger partial charge is 0.508 e. The van der Waals surface area contributed by atoms with Crippen molar-refractivity contribution in [2.24, 2.45) is 11.3 Å². The molecule has 2 unspecified atom stereocenters. The Kier molecular flexibility index (Phi) is 4.58. The van der Waals surface area contributed by atoms with Gasteiger partial charge in [-0.3, -0.25) is 0 Å². The summed E-state index contributed by atoms with van der Waals surface area (Å²) in [6.45, 7) is 8.45. The van der Waals surface area contributed by atoms with E-state index in [0.29, 0.717) is 17.1 Å². The van der Waals surface area contributed by atoms with Gasteiger partial charge < -0.3 is 10.2 Å². The van der Waals surface area contributed by atoms with Gasteiger partial charge in [-0.15, -0.1) is 0 Å². The second-order valence-electron chi connectivity index (χ2n) is 5.90. The van der Waals surface area contributed by atoms with E-state index in [-0.39, 0.29) is 6.10 Å². The summed E-state index contributed by atoms with van der Waals surface area (Å²) in [5.74, 6) is 0.921. The van der Waals surface area contributed by atoms with Crippen molar-refractivity contribution in [3.05, 3.63) is 29.8 Å². The lowest BCUT2D eigenvalue weighted by molar-refractivity contribution is -0.0355. The van der Waals surface area contributed by atoms with Crippen LogP contribution in [0.1, 0.15) is 39.2 Å². The molecule has 0 heterocycles. The Balaban J connectivity index is 0.000000171. The molecule has 1 aliphatic rings. The summed E-state index contributed by atoms with van der Waals surface area (Å²) in [6, 6.07) is 7.25. The maximum absolute atomic E-state index is 9.24. The average Bonchev–Trinajstić information content (AvgIpc) is 2.19. The number of aromatic hydroxyl groups is 1. The Bertz CT molecular complexity index is 331. The minimum Gasteiger partial charge on any atom is -0.508 e. The fraction of sp³-hybridized carbons (Fsp3) is 0.600. The quantitative estimate of drug-likeness (QED) is 0.723. The van der Waals surface area contributed by atoms with E-state index in [1.807, 2.05) is 25.1 Å². The maximum Gasteiger partial charge on any atom is 0.118 e. The third kappa shape index (κ3) is 4.04. The average molecular weight is 236 g/mol. The van der Waals surface area contributed by atoms with Gasteiger partial charge in [0, 0.05) is 0 Å². The van der Waals surface area contributed by atoms with Crippen LogP contribution in [-0.2, 0) is 0 Å². The highest BCUT2D eigenvalue weighted by Crippen LogP contribution is 2.41. The second-order valence-corrected chi connectivity index (χ2v) is 5.90. The molecule has 2 heteroatoms. The van der Waals surface area contributed by atoms with Crippen LogP contribution >= 0.6 is 0 Å². The SMILES string of the molecule is CC(C)(C)C1CCC1O.Cc1ccccc1O. The summed E-state index contributed by atoms with van der Waals surface area (Å²) in [5.41, 5.74) is 1.24. The van der Waals surface area contributed by atoms with Crippen LogP contribution in [0.15, 0.2) is 24.3 Å². The summed E-state index contributed by atoms with van der Waals surface area (Å²) < 4.78 is 0. The highest BCUT2D eigenvalue weighted by molar-refractivity contribution is 5.29. The Hall–Kier alpha value is -1.02. The first kappa shape index (κ1) is 14.0. The molecule has 96 valence electrons. The van der Waals surface area contributed by atoms with Crippen LogP contribution in [0.25, 0.3) is 0 Å². The zero-order chi connectivity index (χ0) is 13.1. The lowest BCUT2D eigenvalue weighted by atomic mass is 9.66. The van der Waals surface area contributed by atoms with E-state index < -0.39 is 0 Å². The smallest absolute Gasteiger partial charge is 0.118 e. The minimum atomic E-state index is -0.00926. The van der Waals surface area contributed by atoms with Crippen LogP contribution < -0.4 is 0 Å². The Labute approximate surface area is 104 Å². The zero-order valence-corrected chi connectivity index (χ0v) is 11.3. The summed E-state index contributed by atoms with van der Waals surface area (Å²) in [7, 11) is 0. The number of rotatable bonds is 0. The Morgan fingerprint density at radius 3 is 1.88 bits per heavy atom. The molecule has 2 nitrogen and oxygen atoms in total. The number of aryl methyl sites for hydroxylation is 1. The van der Waals surface area contributed by atoms with E-state index in [4.69, 9.17) is 5.11 Å². The minimum absolute atomic E-state index is 0.00926. The lowest BCUT2D eigenvalue weighted by Gasteiger charge is -2.42. The molecule has 2 atom stereocenters. The van der Waals surface area contributed by atoms with E-state index >= 15 is 0 Å².